The zero-order valence-electron chi connectivity index (χ0n) is 13.3. The van der Waals surface area contributed by atoms with E-state index in [1.54, 1.807) is 0 Å². The SMILES string of the molecule is CC1(C)CC(=O)c2c(n3c(c(Br)c2=O)-c2ccccc2CC3)C1. The monoisotopic (exact) mass is 371 g/mol. The Morgan fingerprint density at radius 2 is 1.87 bits per heavy atom. The average Bonchev–Trinajstić information content (AvgIpc) is 2.50. The summed E-state index contributed by atoms with van der Waals surface area (Å²) in [6, 6.07) is 8.21. The summed E-state index contributed by atoms with van der Waals surface area (Å²) in [4.78, 5) is 25.4. The molecular formula is C19H18BrNO2. The number of pyridine rings is 1. The van der Waals surface area contributed by atoms with Gasteiger partial charge in [-0.05, 0) is 39.8 Å². The third-order valence-corrected chi connectivity index (χ3v) is 5.70. The van der Waals surface area contributed by atoms with Gasteiger partial charge in [-0.2, -0.15) is 0 Å². The van der Waals surface area contributed by atoms with Gasteiger partial charge in [0.15, 0.2) is 5.78 Å². The van der Waals surface area contributed by atoms with E-state index in [9.17, 15) is 9.59 Å². The number of aryl methyl sites for hydroxylation is 1. The van der Waals surface area contributed by atoms with E-state index in [0.29, 0.717) is 16.5 Å². The molecule has 1 aliphatic carbocycles. The van der Waals surface area contributed by atoms with Crippen LogP contribution in [0.3, 0.4) is 0 Å². The van der Waals surface area contributed by atoms with E-state index >= 15 is 0 Å². The van der Waals surface area contributed by atoms with E-state index in [0.717, 1.165) is 36.3 Å². The normalized spacial score (nSPS) is 18.1. The lowest BCUT2D eigenvalue weighted by atomic mass is 9.75. The quantitative estimate of drug-likeness (QED) is 0.702. The second-order valence-corrected chi connectivity index (χ2v) is 8.11. The van der Waals surface area contributed by atoms with Gasteiger partial charge in [-0.25, -0.2) is 0 Å². The molecule has 0 radical (unpaired) electrons. The smallest absolute Gasteiger partial charge is 0.207 e. The predicted octanol–water partition coefficient (Wildman–Crippen LogP) is 3.99. The molecule has 0 bridgehead atoms. The summed E-state index contributed by atoms with van der Waals surface area (Å²) in [7, 11) is 0. The van der Waals surface area contributed by atoms with Crippen molar-refractivity contribution in [1.29, 1.82) is 0 Å². The van der Waals surface area contributed by atoms with Crippen LogP contribution in [0.5, 0.6) is 0 Å². The summed E-state index contributed by atoms with van der Waals surface area (Å²) in [5, 5.41) is 0. The molecule has 118 valence electrons. The summed E-state index contributed by atoms with van der Waals surface area (Å²) in [5.41, 5.74) is 4.37. The molecule has 1 aliphatic heterocycles. The van der Waals surface area contributed by atoms with E-state index < -0.39 is 0 Å². The number of nitrogens with zero attached hydrogens (tertiary/aromatic N) is 1. The Morgan fingerprint density at radius 3 is 2.65 bits per heavy atom. The molecule has 1 aromatic carbocycles. The third kappa shape index (κ3) is 2.15. The number of Topliss-reactive ketones (excluding diaryl/α,β-unsaturated/α-hetero) is 1. The Kier molecular flexibility index (Phi) is 3.17. The van der Waals surface area contributed by atoms with Gasteiger partial charge in [-0.1, -0.05) is 38.1 Å². The highest BCUT2D eigenvalue weighted by Gasteiger charge is 2.37. The highest BCUT2D eigenvalue weighted by atomic mass is 79.9. The Labute approximate surface area is 143 Å². The van der Waals surface area contributed by atoms with Crippen LogP contribution in [0.4, 0.5) is 0 Å². The summed E-state index contributed by atoms with van der Waals surface area (Å²) in [6.07, 6.45) is 2.14. The highest BCUT2D eigenvalue weighted by Crippen LogP contribution is 2.40. The van der Waals surface area contributed by atoms with Crippen molar-refractivity contribution in [2.75, 3.05) is 0 Å². The zero-order chi connectivity index (χ0) is 16.4. The molecular weight excluding hydrogens is 354 g/mol. The second-order valence-electron chi connectivity index (χ2n) is 7.31. The van der Waals surface area contributed by atoms with Gasteiger partial charge < -0.3 is 4.57 Å². The van der Waals surface area contributed by atoms with Crippen molar-refractivity contribution in [3.63, 3.8) is 0 Å². The Hall–Kier alpha value is -1.68. The number of hydrogen-bond acceptors (Lipinski definition) is 2. The Morgan fingerprint density at radius 1 is 1.13 bits per heavy atom. The molecule has 0 unspecified atom stereocenters. The van der Waals surface area contributed by atoms with Crippen molar-refractivity contribution < 1.29 is 4.79 Å². The maximum atomic E-state index is 12.8. The molecule has 1 aromatic heterocycles. The van der Waals surface area contributed by atoms with Crippen molar-refractivity contribution in [2.45, 2.75) is 39.7 Å². The first-order valence-electron chi connectivity index (χ1n) is 7.96. The van der Waals surface area contributed by atoms with Crippen LogP contribution in [0.1, 0.15) is 41.9 Å². The molecule has 2 aromatic rings. The molecule has 2 aliphatic rings. The molecule has 0 N–H and O–H groups in total. The van der Waals surface area contributed by atoms with Gasteiger partial charge in [0.2, 0.25) is 5.43 Å². The highest BCUT2D eigenvalue weighted by molar-refractivity contribution is 9.10. The Bertz CT molecular complexity index is 908. The maximum Gasteiger partial charge on any atom is 0.207 e. The van der Waals surface area contributed by atoms with Crippen molar-refractivity contribution >= 4 is 21.7 Å². The lowest BCUT2D eigenvalue weighted by Gasteiger charge is -2.35. The number of hydrogen-bond donors (Lipinski definition) is 0. The van der Waals surface area contributed by atoms with Crippen molar-refractivity contribution in [1.82, 2.24) is 4.57 Å². The molecule has 0 atom stereocenters. The summed E-state index contributed by atoms with van der Waals surface area (Å²) in [6.45, 7) is 5.02. The molecule has 3 nitrogen and oxygen atoms in total. The number of rotatable bonds is 0. The average molecular weight is 372 g/mol. The number of halogens is 1. The molecule has 0 saturated heterocycles. The molecule has 23 heavy (non-hydrogen) atoms. The summed E-state index contributed by atoms with van der Waals surface area (Å²) in [5.74, 6) is -0.0175. The molecule has 0 amide bonds. The topological polar surface area (TPSA) is 39.1 Å². The Balaban J connectivity index is 2.09. The fourth-order valence-electron chi connectivity index (χ4n) is 3.96. The first-order chi connectivity index (χ1) is 10.9. The van der Waals surface area contributed by atoms with Gasteiger partial charge in [0.25, 0.3) is 0 Å². The maximum absolute atomic E-state index is 12.8. The van der Waals surface area contributed by atoms with Gasteiger partial charge in [-0.3, -0.25) is 9.59 Å². The van der Waals surface area contributed by atoms with Crippen LogP contribution in [0, 0.1) is 5.41 Å². The largest absolute Gasteiger partial charge is 0.342 e. The molecule has 0 saturated carbocycles. The summed E-state index contributed by atoms with van der Waals surface area (Å²) < 4.78 is 2.72. The number of fused-ring (bicyclic) bond motifs is 5. The minimum absolute atomic E-state index is 0.0175. The second kappa shape index (κ2) is 4.91. The van der Waals surface area contributed by atoms with Gasteiger partial charge in [0, 0.05) is 24.2 Å². The van der Waals surface area contributed by atoms with Crippen LogP contribution in [-0.2, 0) is 19.4 Å². The predicted molar refractivity (Wildman–Crippen MR) is 94.0 cm³/mol. The lowest BCUT2D eigenvalue weighted by molar-refractivity contribution is 0.0906. The number of benzene rings is 1. The van der Waals surface area contributed by atoms with Gasteiger partial charge in [0.05, 0.1) is 15.7 Å². The van der Waals surface area contributed by atoms with Crippen LogP contribution in [0.25, 0.3) is 11.3 Å². The van der Waals surface area contributed by atoms with Crippen LogP contribution in [-0.4, -0.2) is 10.4 Å². The number of carbonyl (C=O) groups is 1. The van der Waals surface area contributed by atoms with Crippen molar-refractivity contribution in [3.8, 4) is 11.3 Å². The van der Waals surface area contributed by atoms with E-state index in [2.05, 4.69) is 46.5 Å². The first-order valence-corrected chi connectivity index (χ1v) is 8.75. The van der Waals surface area contributed by atoms with Crippen molar-refractivity contribution in [2.24, 2.45) is 5.41 Å². The van der Waals surface area contributed by atoms with Gasteiger partial charge >= 0.3 is 0 Å². The van der Waals surface area contributed by atoms with Crippen LogP contribution < -0.4 is 5.43 Å². The lowest BCUT2D eigenvalue weighted by Crippen LogP contribution is -2.37. The van der Waals surface area contributed by atoms with E-state index in [-0.39, 0.29) is 16.6 Å². The number of ketones is 1. The first kappa shape index (κ1) is 14.9. The summed E-state index contributed by atoms with van der Waals surface area (Å²) >= 11 is 3.49. The molecule has 0 spiro atoms. The van der Waals surface area contributed by atoms with Gasteiger partial charge in [-0.15, -0.1) is 0 Å². The number of aromatic nitrogens is 1. The molecule has 0 fully saturated rings. The van der Waals surface area contributed by atoms with E-state index in [4.69, 9.17) is 0 Å². The molecule has 2 heterocycles. The fourth-order valence-corrected chi connectivity index (χ4v) is 4.58. The van der Waals surface area contributed by atoms with Crippen LogP contribution in [0.15, 0.2) is 33.5 Å². The van der Waals surface area contributed by atoms with E-state index in [1.807, 2.05) is 12.1 Å². The number of carbonyl (C=O) groups excluding carboxylic acids is 1. The minimum atomic E-state index is -0.150. The molecule has 4 heteroatoms. The zero-order valence-corrected chi connectivity index (χ0v) is 14.9. The van der Waals surface area contributed by atoms with Crippen LogP contribution >= 0.6 is 15.9 Å². The third-order valence-electron chi connectivity index (χ3n) is 4.96. The van der Waals surface area contributed by atoms with Crippen LogP contribution in [0.2, 0.25) is 0 Å². The molecule has 4 rings (SSSR count). The fraction of sp³-hybridized carbons (Fsp3) is 0.368. The minimum Gasteiger partial charge on any atom is -0.342 e. The van der Waals surface area contributed by atoms with E-state index in [1.165, 1.54) is 5.56 Å². The van der Waals surface area contributed by atoms with Gasteiger partial charge in [0.1, 0.15) is 0 Å². The standard InChI is InChI=1S/C19H18BrNO2/c1-19(2)9-13-15(14(22)10-19)18(23)16(20)17-12-6-4-3-5-11(12)7-8-21(13)17/h3-6H,7-10H2,1-2H3. The van der Waals surface area contributed by atoms with Crippen molar-refractivity contribution in [3.05, 3.63) is 55.8 Å².